The van der Waals surface area contributed by atoms with Crippen molar-refractivity contribution >= 4 is 29.5 Å². The number of carbonyl (C=O) groups excluding carboxylic acids is 3. The number of piperidine rings is 1. The summed E-state index contributed by atoms with van der Waals surface area (Å²) >= 11 is 1.18. The third-order valence-electron chi connectivity index (χ3n) is 4.22. The molecule has 2 N–H and O–H groups in total. The molecule has 1 heterocycles. The van der Waals surface area contributed by atoms with E-state index < -0.39 is 11.9 Å². The largest absolute Gasteiger partial charge is 0.452 e. The summed E-state index contributed by atoms with van der Waals surface area (Å²) in [6.07, 6.45) is 4.03. The molecule has 0 aliphatic carbocycles. The number of benzene rings is 1. The van der Waals surface area contributed by atoms with Crippen LogP contribution in [0.25, 0.3) is 0 Å². The summed E-state index contributed by atoms with van der Waals surface area (Å²) in [5.41, 5.74) is 5.49. The van der Waals surface area contributed by atoms with Crippen LogP contribution in [0.15, 0.2) is 29.2 Å². The number of thioether (sulfide) groups is 1. The standard InChI is InChI=1S/C18H24N2O4S/c1-2-13-7-5-6-10-20(13)17(22)11-24-18(23)14-8-3-4-9-15(14)25-12-16(19)21/h3-4,8-9,13H,2,5-7,10-12H2,1H3,(H2,19,21). The summed E-state index contributed by atoms with van der Waals surface area (Å²) in [6.45, 7) is 2.53. The van der Waals surface area contributed by atoms with Gasteiger partial charge in [-0.05, 0) is 37.8 Å². The van der Waals surface area contributed by atoms with Gasteiger partial charge in [-0.25, -0.2) is 4.79 Å². The minimum absolute atomic E-state index is 0.0786. The molecule has 1 aliphatic heterocycles. The highest BCUT2D eigenvalue weighted by molar-refractivity contribution is 8.00. The van der Waals surface area contributed by atoms with Gasteiger partial charge in [-0.1, -0.05) is 19.1 Å². The lowest BCUT2D eigenvalue weighted by molar-refractivity contribution is -0.138. The second-order valence-corrected chi connectivity index (χ2v) is 6.99. The number of amides is 2. The number of likely N-dealkylation sites (tertiary alicyclic amines) is 1. The number of hydrogen-bond donors (Lipinski definition) is 1. The van der Waals surface area contributed by atoms with Gasteiger partial charge < -0.3 is 15.4 Å². The molecule has 7 heteroatoms. The van der Waals surface area contributed by atoms with Gasteiger partial charge in [-0.3, -0.25) is 9.59 Å². The molecule has 0 spiro atoms. The molecule has 2 rings (SSSR count). The Labute approximate surface area is 152 Å². The average Bonchev–Trinajstić information content (AvgIpc) is 2.64. The van der Waals surface area contributed by atoms with Crippen LogP contribution in [0.4, 0.5) is 0 Å². The van der Waals surface area contributed by atoms with E-state index in [1.165, 1.54) is 11.8 Å². The number of esters is 1. The summed E-state index contributed by atoms with van der Waals surface area (Å²) in [6, 6.07) is 7.06. The van der Waals surface area contributed by atoms with Crippen LogP contribution in [0.3, 0.4) is 0 Å². The van der Waals surface area contributed by atoms with Crippen LogP contribution in [-0.2, 0) is 14.3 Å². The second kappa shape index (κ2) is 9.46. The Bertz CT molecular complexity index is 635. The van der Waals surface area contributed by atoms with Crippen molar-refractivity contribution in [2.75, 3.05) is 18.9 Å². The Hall–Kier alpha value is -2.02. The molecule has 0 aromatic heterocycles. The topological polar surface area (TPSA) is 89.7 Å². The highest BCUT2D eigenvalue weighted by atomic mass is 32.2. The minimum atomic E-state index is -0.564. The average molecular weight is 364 g/mol. The van der Waals surface area contributed by atoms with Gasteiger partial charge in [0.1, 0.15) is 0 Å². The van der Waals surface area contributed by atoms with E-state index >= 15 is 0 Å². The molecule has 1 aromatic rings. The highest BCUT2D eigenvalue weighted by Gasteiger charge is 2.26. The third kappa shape index (κ3) is 5.49. The lowest BCUT2D eigenvalue weighted by atomic mass is 10.00. The van der Waals surface area contributed by atoms with Crippen molar-refractivity contribution < 1.29 is 19.1 Å². The van der Waals surface area contributed by atoms with Gasteiger partial charge in [0, 0.05) is 17.5 Å². The van der Waals surface area contributed by atoms with Crippen LogP contribution >= 0.6 is 11.8 Å². The maximum absolute atomic E-state index is 12.4. The molecular formula is C18H24N2O4S. The molecule has 1 atom stereocenters. The molecule has 25 heavy (non-hydrogen) atoms. The van der Waals surface area contributed by atoms with Crippen LogP contribution < -0.4 is 5.73 Å². The molecule has 136 valence electrons. The van der Waals surface area contributed by atoms with Crippen molar-refractivity contribution in [3.63, 3.8) is 0 Å². The normalized spacial score (nSPS) is 17.2. The number of nitrogens with zero attached hydrogens (tertiary/aromatic N) is 1. The van der Waals surface area contributed by atoms with Gasteiger partial charge in [-0.15, -0.1) is 11.8 Å². The van der Waals surface area contributed by atoms with Crippen molar-refractivity contribution in [3.8, 4) is 0 Å². The van der Waals surface area contributed by atoms with Crippen LogP contribution in [0, 0.1) is 0 Å². The number of primary amides is 1. The summed E-state index contributed by atoms with van der Waals surface area (Å²) in [5, 5.41) is 0. The Kier molecular flexibility index (Phi) is 7.31. The van der Waals surface area contributed by atoms with Gasteiger partial charge in [0.05, 0.1) is 11.3 Å². The smallest absolute Gasteiger partial charge is 0.339 e. The predicted octanol–water partition coefficient (Wildman–Crippen LogP) is 2.21. The van der Waals surface area contributed by atoms with Gasteiger partial charge >= 0.3 is 5.97 Å². The molecule has 0 bridgehead atoms. The highest BCUT2D eigenvalue weighted by Crippen LogP contribution is 2.23. The van der Waals surface area contributed by atoms with E-state index in [4.69, 9.17) is 10.5 Å². The van der Waals surface area contributed by atoms with Crippen molar-refractivity contribution in [1.29, 1.82) is 0 Å². The quantitative estimate of drug-likeness (QED) is 0.592. The van der Waals surface area contributed by atoms with E-state index in [2.05, 4.69) is 6.92 Å². The Morgan fingerprint density at radius 3 is 2.76 bits per heavy atom. The zero-order valence-electron chi connectivity index (χ0n) is 14.4. The second-order valence-electron chi connectivity index (χ2n) is 5.97. The van der Waals surface area contributed by atoms with Gasteiger partial charge in [0.25, 0.3) is 5.91 Å². The van der Waals surface area contributed by atoms with Crippen LogP contribution in [0.1, 0.15) is 43.0 Å². The maximum Gasteiger partial charge on any atom is 0.339 e. The minimum Gasteiger partial charge on any atom is -0.452 e. The van der Waals surface area contributed by atoms with E-state index in [1.54, 1.807) is 24.3 Å². The van der Waals surface area contributed by atoms with Gasteiger partial charge in [-0.2, -0.15) is 0 Å². The predicted molar refractivity (Wildman–Crippen MR) is 96.3 cm³/mol. The first-order valence-electron chi connectivity index (χ1n) is 8.49. The monoisotopic (exact) mass is 364 g/mol. The molecule has 1 aromatic carbocycles. The maximum atomic E-state index is 12.4. The first kappa shape index (κ1) is 19.3. The summed E-state index contributed by atoms with van der Waals surface area (Å²) in [4.78, 5) is 38.1. The first-order chi connectivity index (χ1) is 12.0. The van der Waals surface area contributed by atoms with E-state index in [0.29, 0.717) is 10.5 Å². The van der Waals surface area contributed by atoms with Gasteiger partial charge in [0.15, 0.2) is 6.61 Å². The summed E-state index contributed by atoms with van der Waals surface area (Å²) in [5.74, 6) is -1.10. The SMILES string of the molecule is CCC1CCCCN1C(=O)COC(=O)c1ccccc1SCC(N)=O. The Morgan fingerprint density at radius 2 is 2.04 bits per heavy atom. The molecule has 0 saturated carbocycles. The number of nitrogens with two attached hydrogens (primary N) is 1. The molecular weight excluding hydrogens is 340 g/mol. The van der Waals surface area contributed by atoms with E-state index in [9.17, 15) is 14.4 Å². The number of ether oxygens (including phenoxy) is 1. The summed E-state index contributed by atoms with van der Waals surface area (Å²) < 4.78 is 5.22. The Morgan fingerprint density at radius 1 is 1.28 bits per heavy atom. The van der Waals surface area contributed by atoms with Gasteiger partial charge in [0.2, 0.25) is 5.91 Å². The van der Waals surface area contributed by atoms with Crippen molar-refractivity contribution in [3.05, 3.63) is 29.8 Å². The third-order valence-corrected chi connectivity index (χ3v) is 5.32. The van der Waals surface area contributed by atoms with Crippen LogP contribution in [-0.4, -0.2) is 47.6 Å². The fourth-order valence-corrected chi connectivity index (χ4v) is 3.73. The molecule has 2 amide bonds. The zero-order chi connectivity index (χ0) is 18.2. The van der Waals surface area contributed by atoms with Crippen molar-refractivity contribution in [2.24, 2.45) is 5.73 Å². The van der Waals surface area contributed by atoms with Crippen LogP contribution in [0.2, 0.25) is 0 Å². The molecule has 1 unspecified atom stereocenters. The number of rotatable bonds is 7. The van der Waals surface area contributed by atoms with Crippen molar-refractivity contribution in [1.82, 2.24) is 4.90 Å². The van der Waals surface area contributed by atoms with E-state index in [0.717, 1.165) is 32.2 Å². The zero-order valence-corrected chi connectivity index (χ0v) is 15.2. The fraction of sp³-hybridized carbons (Fsp3) is 0.500. The fourth-order valence-electron chi connectivity index (χ4n) is 2.95. The summed E-state index contributed by atoms with van der Waals surface area (Å²) in [7, 11) is 0. The molecule has 6 nitrogen and oxygen atoms in total. The lowest BCUT2D eigenvalue weighted by Gasteiger charge is -2.35. The van der Waals surface area contributed by atoms with Crippen LogP contribution in [0.5, 0.6) is 0 Å². The number of carbonyl (C=O) groups is 3. The first-order valence-corrected chi connectivity index (χ1v) is 9.48. The molecule has 1 fully saturated rings. The van der Waals surface area contributed by atoms with Crippen molar-refractivity contribution in [2.45, 2.75) is 43.5 Å². The van der Waals surface area contributed by atoms with E-state index in [-0.39, 0.29) is 24.3 Å². The van der Waals surface area contributed by atoms with E-state index in [1.807, 2.05) is 4.90 Å². The lowest BCUT2D eigenvalue weighted by Crippen LogP contribution is -2.45. The Balaban J connectivity index is 1.95. The molecule has 1 aliphatic rings. The molecule has 0 radical (unpaired) electrons. The molecule has 1 saturated heterocycles. The number of hydrogen-bond acceptors (Lipinski definition) is 5.